The van der Waals surface area contributed by atoms with Crippen molar-refractivity contribution in [3.63, 3.8) is 0 Å². The van der Waals surface area contributed by atoms with E-state index >= 15 is 0 Å². The van der Waals surface area contributed by atoms with E-state index in [1.54, 1.807) is 0 Å². The molecule has 3 aromatic heterocycles. The molecule has 236 valence electrons. The van der Waals surface area contributed by atoms with Crippen LogP contribution in [0.2, 0.25) is 0 Å². The number of thiophene rings is 1. The molecule has 0 aliphatic rings. The summed E-state index contributed by atoms with van der Waals surface area (Å²) in [6.07, 6.45) is 0. The highest BCUT2D eigenvalue weighted by Crippen LogP contribution is 2.51. The van der Waals surface area contributed by atoms with Crippen LogP contribution >= 0.6 is 11.3 Å². The molecular formula is C48H26O2S. The van der Waals surface area contributed by atoms with E-state index in [1.165, 1.54) is 63.6 Å². The van der Waals surface area contributed by atoms with Gasteiger partial charge in [-0.25, -0.2) is 0 Å². The predicted octanol–water partition coefficient (Wildman–Crippen LogP) is 14.6. The van der Waals surface area contributed by atoms with Crippen LogP contribution in [0.3, 0.4) is 0 Å². The van der Waals surface area contributed by atoms with E-state index in [4.69, 9.17) is 8.83 Å². The fourth-order valence-electron chi connectivity index (χ4n) is 8.68. The van der Waals surface area contributed by atoms with Gasteiger partial charge >= 0.3 is 0 Å². The standard InChI is InChI=1S/C48H26O2S/c1-2-12-29-27(11-1)22-24-40-44(29)38-26-37-30-13-7-9-19-39(30)49-47(37)46(48(38)50-40)45-35-17-5-3-15-33(35)43(34-16-4-6-18-36(34)45)28-21-23-32-31-14-8-10-20-41(31)51-42(32)25-28/h1-26H. The van der Waals surface area contributed by atoms with Crippen LogP contribution in [-0.2, 0) is 0 Å². The Balaban J connectivity index is 1.27. The van der Waals surface area contributed by atoms with E-state index in [0.717, 1.165) is 55.0 Å². The van der Waals surface area contributed by atoms with E-state index < -0.39 is 0 Å². The minimum absolute atomic E-state index is 0.849. The maximum absolute atomic E-state index is 6.98. The van der Waals surface area contributed by atoms with Crippen molar-refractivity contribution in [2.24, 2.45) is 0 Å². The Kier molecular flexibility index (Phi) is 5.41. The molecule has 3 heterocycles. The van der Waals surface area contributed by atoms with Crippen LogP contribution in [0.15, 0.2) is 167 Å². The van der Waals surface area contributed by atoms with Crippen molar-refractivity contribution < 1.29 is 8.83 Å². The first-order valence-corrected chi connectivity index (χ1v) is 18.2. The molecule has 12 aromatic rings. The Hall–Kier alpha value is -6.42. The summed E-state index contributed by atoms with van der Waals surface area (Å²) >= 11 is 1.86. The van der Waals surface area contributed by atoms with Crippen molar-refractivity contribution in [3.05, 3.63) is 158 Å². The molecule has 0 amide bonds. The van der Waals surface area contributed by atoms with Crippen LogP contribution in [0.4, 0.5) is 0 Å². The molecule has 0 spiro atoms. The fourth-order valence-corrected chi connectivity index (χ4v) is 9.82. The summed E-state index contributed by atoms with van der Waals surface area (Å²) in [5.41, 5.74) is 8.04. The second kappa shape index (κ2) is 10.1. The third-order valence-corrected chi connectivity index (χ3v) is 12.0. The Morgan fingerprint density at radius 1 is 0.333 bits per heavy atom. The molecular weight excluding hydrogens is 641 g/mol. The van der Waals surface area contributed by atoms with Crippen LogP contribution in [0.25, 0.3) is 119 Å². The quantitative estimate of drug-likeness (QED) is 0.172. The lowest BCUT2D eigenvalue weighted by molar-refractivity contribution is 0.658. The first-order chi connectivity index (χ1) is 25.3. The largest absolute Gasteiger partial charge is 0.455 e. The van der Waals surface area contributed by atoms with E-state index in [1.807, 2.05) is 17.4 Å². The van der Waals surface area contributed by atoms with Crippen molar-refractivity contribution in [2.45, 2.75) is 0 Å². The molecule has 0 saturated carbocycles. The molecule has 3 heteroatoms. The average Bonchev–Trinajstić information content (AvgIpc) is 3.87. The molecule has 0 atom stereocenters. The summed E-state index contributed by atoms with van der Waals surface area (Å²) in [7, 11) is 0. The zero-order valence-corrected chi connectivity index (χ0v) is 28.1. The smallest absolute Gasteiger partial charge is 0.147 e. The number of hydrogen-bond acceptors (Lipinski definition) is 3. The molecule has 0 aliphatic carbocycles. The number of furan rings is 2. The van der Waals surface area contributed by atoms with Gasteiger partial charge in [0.25, 0.3) is 0 Å². The molecule has 9 aromatic carbocycles. The van der Waals surface area contributed by atoms with Gasteiger partial charge in [-0.15, -0.1) is 11.3 Å². The van der Waals surface area contributed by atoms with Gasteiger partial charge in [0.15, 0.2) is 0 Å². The normalized spacial score (nSPS) is 12.3. The van der Waals surface area contributed by atoms with Gasteiger partial charge in [-0.3, -0.25) is 0 Å². The topological polar surface area (TPSA) is 26.3 Å². The van der Waals surface area contributed by atoms with Crippen molar-refractivity contribution in [2.75, 3.05) is 0 Å². The van der Waals surface area contributed by atoms with Crippen molar-refractivity contribution in [1.82, 2.24) is 0 Å². The van der Waals surface area contributed by atoms with Crippen molar-refractivity contribution in [1.29, 1.82) is 0 Å². The van der Waals surface area contributed by atoms with E-state index in [2.05, 4.69) is 152 Å². The minimum atomic E-state index is 0.849. The van der Waals surface area contributed by atoms with Crippen molar-refractivity contribution >= 4 is 108 Å². The first kappa shape index (κ1) is 27.4. The van der Waals surface area contributed by atoms with E-state index in [0.29, 0.717) is 0 Å². The highest BCUT2D eigenvalue weighted by molar-refractivity contribution is 7.25. The Bertz CT molecular complexity index is 3370. The molecule has 51 heavy (non-hydrogen) atoms. The van der Waals surface area contributed by atoms with Crippen molar-refractivity contribution in [3.8, 4) is 22.3 Å². The molecule has 0 saturated heterocycles. The van der Waals surface area contributed by atoms with E-state index in [9.17, 15) is 0 Å². The van der Waals surface area contributed by atoms with Gasteiger partial charge in [-0.1, -0.05) is 127 Å². The van der Waals surface area contributed by atoms with Gasteiger partial charge in [0, 0.05) is 47.3 Å². The number of rotatable bonds is 2. The zero-order chi connectivity index (χ0) is 33.2. The monoisotopic (exact) mass is 666 g/mol. The summed E-state index contributed by atoms with van der Waals surface area (Å²) in [6.45, 7) is 0. The summed E-state index contributed by atoms with van der Waals surface area (Å²) < 4.78 is 16.5. The highest BCUT2D eigenvalue weighted by atomic mass is 32.1. The third-order valence-electron chi connectivity index (χ3n) is 10.8. The van der Waals surface area contributed by atoms with Crippen LogP contribution in [0, 0.1) is 0 Å². The van der Waals surface area contributed by atoms with Gasteiger partial charge in [-0.05, 0) is 73.8 Å². The number of hydrogen-bond donors (Lipinski definition) is 0. The fraction of sp³-hybridized carbons (Fsp3) is 0. The van der Waals surface area contributed by atoms with Crippen LogP contribution < -0.4 is 0 Å². The number of para-hydroxylation sites is 1. The molecule has 0 fully saturated rings. The first-order valence-electron chi connectivity index (χ1n) is 17.3. The van der Waals surface area contributed by atoms with Crippen LogP contribution in [-0.4, -0.2) is 0 Å². The van der Waals surface area contributed by atoms with Gasteiger partial charge < -0.3 is 8.83 Å². The predicted molar refractivity (Wildman–Crippen MR) is 217 cm³/mol. The number of fused-ring (bicyclic) bond motifs is 13. The molecule has 0 bridgehead atoms. The SMILES string of the molecule is c1ccc2c(c1)ccc1oc3c(-c4c5ccccc5c(-c5ccc6c(c5)sc5ccccc56)c5ccccc45)c4oc5ccccc5c4cc3c12. The summed E-state index contributed by atoms with van der Waals surface area (Å²) in [4.78, 5) is 0. The molecule has 0 radical (unpaired) electrons. The van der Waals surface area contributed by atoms with Gasteiger partial charge in [-0.2, -0.15) is 0 Å². The van der Waals surface area contributed by atoms with Crippen LogP contribution in [0.5, 0.6) is 0 Å². The minimum Gasteiger partial charge on any atom is -0.455 e. The maximum Gasteiger partial charge on any atom is 0.147 e. The second-order valence-corrected chi connectivity index (χ2v) is 14.6. The second-order valence-electron chi connectivity index (χ2n) is 13.5. The lowest BCUT2D eigenvalue weighted by Crippen LogP contribution is -1.91. The summed E-state index contributed by atoms with van der Waals surface area (Å²) in [5.74, 6) is 0. The van der Waals surface area contributed by atoms with Crippen LogP contribution in [0.1, 0.15) is 0 Å². The Labute approximate surface area is 295 Å². The third kappa shape index (κ3) is 3.71. The molecule has 0 N–H and O–H groups in total. The highest BCUT2D eigenvalue weighted by Gasteiger charge is 2.26. The summed E-state index contributed by atoms with van der Waals surface area (Å²) in [6, 6.07) is 57.0. The molecule has 0 unspecified atom stereocenters. The Morgan fingerprint density at radius 2 is 0.922 bits per heavy atom. The van der Waals surface area contributed by atoms with E-state index in [-0.39, 0.29) is 0 Å². The van der Waals surface area contributed by atoms with Gasteiger partial charge in [0.1, 0.15) is 22.3 Å². The molecule has 12 rings (SSSR count). The lowest BCUT2D eigenvalue weighted by atomic mass is 9.85. The molecule has 2 nitrogen and oxygen atoms in total. The lowest BCUT2D eigenvalue weighted by Gasteiger charge is -2.18. The molecule has 0 aliphatic heterocycles. The maximum atomic E-state index is 6.98. The summed E-state index contributed by atoms with van der Waals surface area (Å²) in [5, 5.41) is 14.2. The van der Waals surface area contributed by atoms with Gasteiger partial charge in [0.05, 0.1) is 5.56 Å². The zero-order valence-electron chi connectivity index (χ0n) is 27.2. The Morgan fingerprint density at radius 3 is 1.71 bits per heavy atom. The average molecular weight is 667 g/mol. The number of benzene rings is 9. The van der Waals surface area contributed by atoms with Gasteiger partial charge in [0.2, 0.25) is 0 Å².